The quantitative estimate of drug-likeness (QED) is 0.301. The van der Waals surface area contributed by atoms with Gasteiger partial charge < -0.3 is 24.8 Å². The molecule has 0 radical (unpaired) electrons. The Morgan fingerprint density at radius 1 is 0.909 bits per heavy atom. The van der Waals surface area contributed by atoms with Crippen LogP contribution in [0, 0.1) is 50.2 Å². The standard InChI is InChI=1S/C36H54O8/c1-31(2)14-16-36(29(42)28-26(40)25(39)27(41)30(44-28)43-19-37)17-15-34(6)20(21(36)18-31)8-9-23-33(5)12-11-24(38)32(3,4)22(33)10-13-35(23,34)7/h8,19,21-23,25-28,30,39-41H,9-18H2,1-7H3/t21?,22?,23?,25?,26-,27-,28+,30?,33-,34+,35+,36-/m0/s1. The maximum absolute atomic E-state index is 14.7. The van der Waals surface area contributed by atoms with Crippen LogP contribution in [0.5, 0.6) is 0 Å². The summed E-state index contributed by atoms with van der Waals surface area (Å²) in [7, 11) is 0. The zero-order valence-electron chi connectivity index (χ0n) is 27.7. The molecule has 1 heterocycles. The number of hydrogen-bond donors (Lipinski definition) is 3. The maximum atomic E-state index is 14.7. The zero-order chi connectivity index (χ0) is 32.3. The lowest BCUT2D eigenvalue weighted by Gasteiger charge is -2.70. The molecule has 1 saturated heterocycles. The van der Waals surface area contributed by atoms with Crippen LogP contribution >= 0.6 is 0 Å². The Labute approximate surface area is 262 Å². The predicted molar refractivity (Wildman–Crippen MR) is 163 cm³/mol. The van der Waals surface area contributed by atoms with Crippen LogP contribution in [-0.2, 0) is 23.9 Å². The highest BCUT2D eigenvalue weighted by atomic mass is 16.7. The van der Waals surface area contributed by atoms with E-state index in [4.69, 9.17) is 9.47 Å². The minimum atomic E-state index is -1.68. The summed E-state index contributed by atoms with van der Waals surface area (Å²) in [4.78, 5) is 38.9. The fraction of sp³-hybridized carbons (Fsp3) is 0.861. The molecule has 8 heteroatoms. The summed E-state index contributed by atoms with van der Waals surface area (Å²) in [5.74, 6) is 0.901. The Morgan fingerprint density at radius 3 is 2.27 bits per heavy atom. The second kappa shape index (κ2) is 10.2. The van der Waals surface area contributed by atoms with Crippen LogP contribution in [0.1, 0.15) is 113 Å². The number of carbonyl (C=O) groups excluding carboxylic acids is 3. The van der Waals surface area contributed by atoms with Gasteiger partial charge in [0.15, 0.2) is 5.78 Å². The van der Waals surface area contributed by atoms with Gasteiger partial charge in [0.25, 0.3) is 6.47 Å². The molecule has 0 aromatic heterocycles. The van der Waals surface area contributed by atoms with Crippen LogP contribution in [-0.4, -0.2) is 64.1 Å². The van der Waals surface area contributed by atoms with Crippen LogP contribution in [0.4, 0.5) is 0 Å². The number of carbonyl (C=O) groups is 3. The molecule has 0 aromatic rings. The van der Waals surface area contributed by atoms with E-state index in [9.17, 15) is 29.7 Å². The Balaban J connectivity index is 1.40. The number of ketones is 2. The molecule has 0 spiro atoms. The first kappa shape index (κ1) is 32.3. The molecule has 3 N–H and O–H groups in total. The summed E-state index contributed by atoms with van der Waals surface area (Å²) < 4.78 is 10.7. The largest absolute Gasteiger partial charge is 0.435 e. The lowest BCUT2D eigenvalue weighted by Crippen LogP contribution is -2.67. The van der Waals surface area contributed by atoms with Crippen molar-refractivity contribution in [3.8, 4) is 0 Å². The van der Waals surface area contributed by atoms with Crippen molar-refractivity contribution in [2.45, 2.75) is 143 Å². The first-order valence-corrected chi connectivity index (χ1v) is 17.0. The summed E-state index contributed by atoms with van der Waals surface area (Å²) in [6.45, 7) is 16.4. The number of fused-ring (bicyclic) bond motifs is 7. The molecule has 12 atom stereocenters. The van der Waals surface area contributed by atoms with Gasteiger partial charge in [-0.25, -0.2) is 0 Å². The molecule has 0 bridgehead atoms. The summed E-state index contributed by atoms with van der Waals surface area (Å²) in [6.07, 6.45) is 3.00. The van der Waals surface area contributed by atoms with E-state index in [2.05, 4.69) is 54.5 Å². The van der Waals surface area contributed by atoms with E-state index in [0.29, 0.717) is 36.9 Å². The zero-order valence-corrected chi connectivity index (χ0v) is 27.7. The van der Waals surface area contributed by atoms with Gasteiger partial charge in [0.05, 0.1) is 0 Å². The van der Waals surface area contributed by atoms with E-state index in [1.165, 1.54) is 5.57 Å². The summed E-state index contributed by atoms with van der Waals surface area (Å²) in [6, 6.07) is 0. The molecule has 8 nitrogen and oxygen atoms in total. The SMILES string of the molecule is CC1(C)CC[C@]2(C(=O)[C@@H]3OC(OC=O)[C@@H](O)C(O)[C@@H]3O)CC[C@]3(C)C(=CCC4[C@@]5(C)CCC(=O)C(C)(C)C5CC[C@]43C)C2C1. The lowest BCUT2D eigenvalue weighted by molar-refractivity contribution is -0.281. The molecular formula is C36H54O8. The van der Waals surface area contributed by atoms with E-state index in [0.717, 1.165) is 44.9 Å². The van der Waals surface area contributed by atoms with Crippen molar-refractivity contribution in [3.05, 3.63) is 11.6 Å². The molecule has 6 rings (SSSR count). The third-order valence-corrected chi connectivity index (χ3v) is 14.9. The average Bonchev–Trinajstić information content (AvgIpc) is 2.95. The number of hydrogen-bond acceptors (Lipinski definition) is 8. The predicted octanol–water partition coefficient (Wildman–Crippen LogP) is 4.91. The van der Waals surface area contributed by atoms with E-state index in [1.54, 1.807) is 0 Å². The van der Waals surface area contributed by atoms with Crippen molar-refractivity contribution in [1.29, 1.82) is 0 Å². The third kappa shape index (κ3) is 4.18. The fourth-order valence-corrected chi connectivity index (χ4v) is 12.0. The molecule has 4 saturated carbocycles. The van der Waals surface area contributed by atoms with Crippen LogP contribution in [0.2, 0.25) is 0 Å². The molecule has 0 amide bonds. The third-order valence-electron chi connectivity index (χ3n) is 14.9. The van der Waals surface area contributed by atoms with Crippen LogP contribution in [0.3, 0.4) is 0 Å². The van der Waals surface area contributed by atoms with Gasteiger partial charge in [-0.1, -0.05) is 60.1 Å². The summed E-state index contributed by atoms with van der Waals surface area (Å²) >= 11 is 0. The van der Waals surface area contributed by atoms with E-state index < -0.39 is 36.1 Å². The van der Waals surface area contributed by atoms with Crippen LogP contribution in [0.25, 0.3) is 0 Å². The van der Waals surface area contributed by atoms with Gasteiger partial charge in [-0.05, 0) is 97.2 Å². The van der Waals surface area contributed by atoms with Gasteiger partial charge in [-0.3, -0.25) is 14.4 Å². The van der Waals surface area contributed by atoms with Gasteiger partial charge in [-0.15, -0.1) is 0 Å². The molecule has 5 unspecified atom stereocenters. The second-order valence-electron chi connectivity index (χ2n) is 17.5. The number of ether oxygens (including phenoxy) is 2. The van der Waals surface area contributed by atoms with Crippen molar-refractivity contribution in [1.82, 2.24) is 0 Å². The second-order valence-corrected chi connectivity index (χ2v) is 17.5. The van der Waals surface area contributed by atoms with Gasteiger partial charge in [0.1, 0.15) is 30.2 Å². The molecule has 5 fully saturated rings. The highest BCUT2D eigenvalue weighted by Gasteiger charge is 2.70. The monoisotopic (exact) mass is 614 g/mol. The highest BCUT2D eigenvalue weighted by Crippen LogP contribution is 2.75. The van der Waals surface area contributed by atoms with Crippen LogP contribution in [0.15, 0.2) is 11.6 Å². The van der Waals surface area contributed by atoms with E-state index in [-0.39, 0.29) is 45.2 Å². The van der Waals surface area contributed by atoms with Gasteiger partial charge in [0, 0.05) is 17.3 Å². The summed E-state index contributed by atoms with van der Waals surface area (Å²) in [5, 5.41) is 32.0. The Morgan fingerprint density at radius 2 is 1.59 bits per heavy atom. The lowest BCUT2D eigenvalue weighted by atomic mass is 9.33. The molecule has 1 aliphatic heterocycles. The molecule has 6 aliphatic rings. The van der Waals surface area contributed by atoms with Gasteiger partial charge in [0.2, 0.25) is 6.29 Å². The molecular weight excluding hydrogens is 560 g/mol. The van der Waals surface area contributed by atoms with E-state index >= 15 is 0 Å². The van der Waals surface area contributed by atoms with Crippen LogP contribution < -0.4 is 0 Å². The minimum absolute atomic E-state index is 0.0135. The van der Waals surface area contributed by atoms with Crippen molar-refractivity contribution >= 4 is 18.0 Å². The molecule has 0 aromatic carbocycles. The van der Waals surface area contributed by atoms with Crippen molar-refractivity contribution in [2.24, 2.45) is 50.2 Å². The van der Waals surface area contributed by atoms with Gasteiger partial charge in [-0.2, -0.15) is 0 Å². The number of aliphatic hydroxyl groups excluding tert-OH is 3. The maximum Gasteiger partial charge on any atom is 0.295 e. The normalized spacial score (nSPS) is 51.0. The highest BCUT2D eigenvalue weighted by molar-refractivity contribution is 5.91. The molecule has 5 aliphatic carbocycles. The number of rotatable bonds is 4. The minimum Gasteiger partial charge on any atom is -0.435 e. The Bertz CT molecular complexity index is 1250. The molecule has 246 valence electrons. The number of allylic oxidation sites excluding steroid dienone is 2. The average molecular weight is 615 g/mol. The molecule has 44 heavy (non-hydrogen) atoms. The number of aliphatic hydroxyl groups is 3. The van der Waals surface area contributed by atoms with Crippen molar-refractivity contribution < 1.29 is 39.2 Å². The van der Waals surface area contributed by atoms with Crippen molar-refractivity contribution in [3.63, 3.8) is 0 Å². The smallest absolute Gasteiger partial charge is 0.295 e. The fourth-order valence-electron chi connectivity index (χ4n) is 12.0. The topological polar surface area (TPSA) is 130 Å². The Kier molecular flexibility index (Phi) is 7.49. The first-order valence-electron chi connectivity index (χ1n) is 17.0. The number of Topliss-reactive ketones (excluding diaryl/α,β-unsaturated/α-hetero) is 2. The van der Waals surface area contributed by atoms with Gasteiger partial charge >= 0.3 is 0 Å². The Hall–Kier alpha value is -1.61. The first-order chi connectivity index (χ1) is 20.4. The summed E-state index contributed by atoms with van der Waals surface area (Å²) in [5.41, 5.74) is 0.240. The van der Waals surface area contributed by atoms with E-state index in [1.807, 2.05) is 0 Å². The van der Waals surface area contributed by atoms with Crippen molar-refractivity contribution in [2.75, 3.05) is 0 Å².